The highest BCUT2D eigenvalue weighted by Gasteiger charge is 2.40. The fourth-order valence-electron chi connectivity index (χ4n) is 3.61. The Bertz CT molecular complexity index is 1070. The van der Waals surface area contributed by atoms with Gasteiger partial charge in [-0.15, -0.1) is 0 Å². The van der Waals surface area contributed by atoms with Crippen LogP contribution in [0.15, 0.2) is 35.4 Å². The second kappa shape index (κ2) is 8.61. The summed E-state index contributed by atoms with van der Waals surface area (Å²) < 4.78 is 34.1. The van der Waals surface area contributed by atoms with E-state index in [1.807, 2.05) is 26.0 Å². The van der Waals surface area contributed by atoms with E-state index in [2.05, 4.69) is 5.32 Å². The van der Waals surface area contributed by atoms with Gasteiger partial charge in [0.1, 0.15) is 16.6 Å². The predicted octanol–water partition coefficient (Wildman–Crippen LogP) is 2.61. The molecular weight excluding hydrogens is 406 g/mol. The molecule has 1 aliphatic rings. The van der Waals surface area contributed by atoms with Gasteiger partial charge in [0.15, 0.2) is 0 Å². The number of esters is 1. The van der Waals surface area contributed by atoms with Gasteiger partial charge in [-0.2, -0.15) is 4.31 Å². The molecule has 0 aliphatic carbocycles. The zero-order chi connectivity index (χ0) is 22.1. The fourth-order valence-corrected chi connectivity index (χ4v) is 5.34. The van der Waals surface area contributed by atoms with Crippen molar-refractivity contribution < 1.29 is 22.7 Å². The third-order valence-corrected chi connectivity index (χ3v) is 7.31. The molecule has 0 unspecified atom stereocenters. The fraction of sp³-hybridized carbons (Fsp3) is 0.429. The molecule has 1 saturated heterocycles. The van der Waals surface area contributed by atoms with Crippen LogP contribution in [0, 0.1) is 13.8 Å². The van der Waals surface area contributed by atoms with E-state index in [0.717, 1.165) is 11.1 Å². The zero-order valence-electron chi connectivity index (χ0n) is 17.6. The van der Waals surface area contributed by atoms with Crippen molar-refractivity contribution in [3.63, 3.8) is 0 Å². The summed E-state index contributed by atoms with van der Waals surface area (Å²) in [5.74, 6) is -0.946. The molecule has 3 rings (SSSR count). The normalized spacial score (nSPS) is 17.1. The maximum atomic E-state index is 13.2. The summed E-state index contributed by atoms with van der Waals surface area (Å²) in [5, 5.41) is 2.87. The number of carbonyl (C=O) groups excluding carboxylic acids is 2. The highest BCUT2D eigenvalue weighted by atomic mass is 32.2. The second-order valence-corrected chi connectivity index (χ2v) is 9.29. The Morgan fingerprint density at radius 1 is 1.27 bits per heavy atom. The van der Waals surface area contributed by atoms with Crippen LogP contribution >= 0.6 is 0 Å². The van der Waals surface area contributed by atoms with Crippen LogP contribution in [-0.4, -0.2) is 48.4 Å². The Morgan fingerprint density at radius 3 is 2.70 bits per heavy atom. The van der Waals surface area contributed by atoms with Crippen LogP contribution in [0.1, 0.15) is 41.4 Å². The first kappa shape index (κ1) is 22.0. The number of ether oxygens (including phenoxy) is 1. The number of hydrogen-bond acceptors (Lipinski definition) is 5. The van der Waals surface area contributed by atoms with Crippen molar-refractivity contribution in [2.75, 3.05) is 18.5 Å². The SMILES string of the molecule is CCOC(=O)c1cc(S(=O)(=O)N2CCC[C@@H]2C(=O)Nc2cccc(C)c2C)cn1C. The van der Waals surface area contributed by atoms with Crippen molar-refractivity contribution in [2.45, 2.75) is 44.6 Å². The van der Waals surface area contributed by atoms with E-state index >= 15 is 0 Å². The minimum atomic E-state index is -3.95. The first-order valence-electron chi connectivity index (χ1n) is 9.89. The van der Waals surface area contributed by atoms with Crippen molar-refractivity contribution in [1.29, 1.82) is 0 Å². The summed E-state index contributed by atoms with van der Waals surface area (Å²) in [5.41, 5.74) is 2.81. The van der Waals surface area contributed by atoms with Crippen LogP contribution in [0.3, 0.4) is 0 Å². The Balaban J connectivity index is 1.85. The molecule has 2 aromatic rings. The summed E-state index contributed by atoms with van der Waals surface area (Å²) in [6.07, 6.45) is 2.40. The van der Waals surface area contributed by atoms with Crippen LogP contribution in [0.25, 0.3) is 0 Å². The molecule has 30 heavy (non-hydrogen) atoms. The molecule has 8 nitrogen and oxygen atoms in total. The number of aryl methyl sites for hydroxylation is 2. The lowest BCUT2D eigenvalue weighted by molar-refractivity contribution is -0.119. The van der Waals surface area contributed by atoms with E-state index in [1.165, 1.54) is 21.1 Å². The summed E-state index contributed by atoms with van der Waals surface area (Å²) in [6, 6.07) is 6.10. The Labute approximate surface area is 176 Å². The third-order valence-electron chi connectivity index (χ3n) is 5.44. The lowest BCUT2D eigenvalue weighted by atomic mass is 10.1. The van der Waals surface area contributed by atoms with Crippen molar-refractivity contribution in [1.82, 2.24) is 8.87 Å². The first-order chi connectivity index (χ1) is 14.2. The minimum absolute atomic E-state index is 0.0283. The molecule has 1 atom stereocenters. The van der Waals surface area contributed by atoms with E-state index in [0.29, 0.717) is 18.5 Å². The average Bonchev–Trinajstić information content (AvgIpc) is 3.33. The average molecular weight is 434 g/mol. The van der Waals surface area contributed by atoms with E-state index in [-0.39, 0.29) is 29.6 Å². The van der Waals surface area contributed by atoms with Crippen LogP contribution in [0.2, 0.25) is 0 Å². The maximum absolute atomic E-state index is 13.2. The molecule has 0 spiro atoms. The summed E-state index contributed by atoms with van der Waals surface area (Å²) in [6.45, 7) is 5.99. The summed E-state index contributed by atoms with van der Waals surface area (Å²) in [7, 11) is -2.37. The van der Waals surface area contributed by atoms with Gasteiger partial charge in [0.25, 0.3) is 0 Å². The van der Waals surface area contributed by atoms with Crippen molar-refractivity contribution in [3.8, 4) is 0 Å². The smallest absolute Gasteiger partial charge is 0.354 e. The van der Waals surface area contributed by atoms with Crippen LogP contribution in [-0.2, 0) is 26.6 Å². The minimum Gasteiger partial charge on any atom is -0.461 e. The Kier molecular flexibility index (Phi) is 6.33. The van der Waals surface area contributed by atoms with E-state index in [4.69, 9.17) is 4.74 Å². The number of nitrogens with one attached hydrogen (secondary N) is 1. The summed E-state index contributed by atoms with van der Waals surface area (Å²) in [4.78, 5) is 25.0. The number of sulfonamides is 1. The topological polar surface area (TPSA) is 97.7 Å². The quantitative estimate of drug-likeness (QED) is 0.706. The van der Waals surface area contributed by atoms with Crippen LogP contribution in [0.5, 0.6) is 0 Å². The molecular formula is C21H27N3O5S. The molecule has 1 amide bonds. The highest BCUT2D eigenvalue weighted by Crippen LogP contribution is 2.29. The highest BCUT2D eigenvalue weighted by molar-refractivity contribution is 7.89. The van der Waals surface area contributed by atoms with Crippen LogP contribution in [0.4, 0.5) is 5.69 Å². The van der Waals surface area contributed by atoms with Crippen molar-refractivity contribution in [2.24, 2.45) is 7.05 Å². The second-order valence-electron chi connectivity index (χ2n) is 7.40. The predicted molar refractivity (Wildman–Crippen MR) is 113 cm³/mol. The van der Waals surface area contributed by atoms with Gasteiger partial charge in [-0.1, -0.05) is 12.1 Å². The molecule has 2 heterocycles. The number of anilines is 1. The number of amides is 1. The Morgan fingerprint density at radius 2 is 2.00 bits per heavy atom. The molecule has 1 aromatic carbocycles. The molecule has 9 heteroatoms. The molecule has 1 aromatic heterocycles. The molecule has 1 fully saturated rings. The largest absolute Gasteiger partial charge is 0.461 e. The summed E-state index contributed by atoms with van der Waals surface area (Å²) >= 11 is 0. The van der Waals surface area contributed by atoms with Gasteiger partial charge in [-0.3, -0.25) is 4.79 Å². The van der Waals surface area contributed by atoms with Crippen molar-refractivity contribution >= 4 is 27.6 Å². The van der Waals surface area contributed by atoms with E-state index in [1.54, 1.807) is 20.0 Å². The monoisotopic (exact) mass is 433 g/mol. The van der Waals surface area contributed by atoms with Gasteiger partial charge < -0.3 is 14.6 Å². The lowest BCUT2D eigenvalue weighted by Gasteiger charge is -2.23. The first-order valence-corrected chi connectivity index (χ1v) is 11.3. The van der Waals surface area contributed by atoms with Gasteiger partial charge in [0.05, 0.1) is 6.61 Å². The molecule has 0 radical (unpaired) electrons. The molecule has 1 aliphatic heterocycles. The van der Waals surface area contributed by atoms with Gasteiger partial charge >= 0.3 is 5.97 Å². The number of benzene rings is 1. The lowest BCUT2D eigenvalue weighted by Crippen LogP contribution is -2.43. The molecule has 162 valence electrons. The number of aromatic nitrogens is 1. The number of carbonyl (C=O) groups is 2. The van der Waals surface area contributed by atoms with E-state index < -0.39 is 22.0 Å². The van der Waals surface area contributed by atoms with Gasteiger partial charge in [0.2, 0.25) is 15.9 Å². The van der Waals surface area contributed by atoms with Crippen LogP contribution < -0.4 is 5.32 Å². The number of hydrogen-bond donors (Lipinski definition) is 1. The number of nitrogens with zero attached hydrogens (tertiary/aromatic N) is 2. The van der Waals surface area contributed by atoms with Gasteiger partial charge in [-0.25, -0.2) is 13.2 Å². The van der Waals surface area contributed by atoms with Gasteiger partial charge in [0, 0.05) is 25.5 Å². The maximum Gasteiger partial charge on any atom is 0.354 e. The van der Waals surface area contributed by atoms with Crippen molar-refractivity contribution in [3.05, 3.63) is 47.3 Å². The molecule has 1 N–H and O–H groups in total. The standard InChI is InChI=1S/C21H27N3O5S/c1-5-29-21(26)19-12-16(13-23(19)4)30(27,28)24-11-7-10-18(24)20(25)22-17-9-6-8-14(2)15(17)3/h6,8-9,12-13,18H,5,7,10-11H2,1-4H3,(H,22,25)/t18-/m1/s1. The number of rotatable bonds is 6. The molecule has 0 saturated carbocycles. The molecule has 0 bridgehead atoms. The van der Waals surface area contributed by atoms with Gasteiger partial charge in [-0.05, 0) is 56.9 Å². The Hall–Kier alpha value is -2.65. The third kappa shape index (κ3) is 4.13. The van der Waals surface area contributed by atoms with E-state index in [9.17, 15) is 18.0 Å². The zero-order valence-corrected chi connectivity index (χ0v) is 18.5.